The summed E-state index contributed by atoms with van der Waals surface area (Å²) in [6.45, 7) is 6.30. The molecule has 1 amide bonds. The van der Waals surface area contributed by atoms with Crippen molar-refractivity contribution in [2.45, 2.75) is 13.2 Å². The molecule has 0 atom stereocenters. The van der Waals surface area contributed by atoms with Gasteiger partial charge in [0.25, 0.3) is 0 Å². The molecule has 3 rings (SSSR count). The third kappa shape index (κ3) is 4.93. The first-order valence-corrected chi connectivity index (χ1v) is 9.59. The highest BCUT2D eigenvalue weighted by atomic mass is 16.7. The summed E-state index contributed by atoms with van der Waals surface area (Å²) in [6, 6.07) is 12.6. The lowest BCUT2D eigenvalue weighted by Crippen LogP contribution is -2.45. The summed E-state index contributed by atoms with van der Waals surface area (Å²) in [4.78, 5) is 12.8. The van der Waals surface area contributed by atoms with Crippen molar-refractivity contribution in [3.63, 3.8) is 0 Å². The van der Waals surface area contributed by atoms with Crippen LogP contribution in [0.3, 0.4) is 0 Å². The Labute approximate surface area is 176 Å². The largest absolute Gasteiger partial charge is 0.493 e. The number of rotatable bonds is 8. The highest BCUT2D eigenvalue weighted by molar-refractivity contribution is 5.95. The molecule has 1 fully saturated rings. The van der Waals surface area contributed by atoms with E-state index in [2.05, 4.69) is 11.9 Å². The number of methoxy groups -OCH3 is 2. The maximum Gasteiger partial charge on any atom is 0.234 e. The van der Waals surface area contributed by atoms with Gasteiger partial charge in [-0.25, -0.2) is 0 Å². The molecule has 1 heterocycles. The van der Waals surface area contributed by atoms with Gasteiger partial charge in [0.15, 0.2) is 17.8 Å². The summed E-state index contributed by atoms with van der Waals surface area (Å²) in [5, 5.41) is 2.91. The molecule has 2 aromatic carbocycles. The van der Waals surface area contributed by atoms with Crippen molar-refractivity contribution < 1.29 is 28.5 Å². The SMILES string of the molecule is C=CCOc1ccc(NC(=O)C2(C)COC(c3ccc(OC)c(OC)c3)OC2)cc1. The van der Waals surface area contributed by atoms with Gasteiger partial charge < -0.3 is 29.0 Å². The smallest absolute Gasteiger partial charge is 0.234 e. The lowest BCUT2D eigenvalue weighted by atomic mass is 9.90. The molecule has 0 spiro atoms. The van der Waals surface area contributed by atoms with Crippen molar-refractivity contribution in [1.82, 2.24) is 0 Å². The maximum absolute atomic E-state index is 12.8. The van der Waals surface area contributed by atoms with Crippen molar-refractivity contribution in [1.29, 1.82) is 0 Å². The molecular weight excluding hydrogens is 386 g/mol. The first-order chi connectivity index (χ1) is 14.5. The van der Waals surface area contributed by atoms with Crippen molar-refractivity contribution in [3.05, 3.63) is 60.7 Å². The molecule has 0 radical (unpaired) electrons. The van der Waals surface area contributed by atoms with Gasteiger partial charge in [-0.2, -0.15) is 0 Å². The Balaban J connectivity index is 1.60. The molecule has 7 nitrogen and oxygen atoms in total. The number of benzene rings is 2. The van der Waals surface area contributed by atoms with Gasteiger partial charge in [0.2, 0.25) is 5.91 Å². The van der Waals surface area contributed by atoms with Gasteiger partial charge in [-0.3, -0.25) is 4.79 Å². The summed E-state index contributed by atoms with van der Waals surface area (Å²) in [6.07, 6.45) is 1.10. The van der Waals surface area contributed by atoms with E-state index in [0.717, 1.165) is 5.56 Å². The Morgan fingerprint density at radius 3 is 2.40 bits per heavy atom. The van der Waals surface area contributed by atoms with Crippen molar-refractivity contribution >= 4 is 11.6 Å². The highest BCUT2D eigenvalue weighted by Gasteiger charge is 2.40. The Kier molecular flexibility index (Phi) is 6.97. The number of amides is 1. The molecule has 1 N–H and O–H groups in total. The lowest BCUT2D eigenvalue weighted by molar-refractivity contribution is -0.226. The van der Waals surface area contributed by atoms with Crippen LogP contribution in [0.4, 0.5) is 5.69 Å². The first kappa shape index (κ1) is 21.7. The van der Waals surface area contributed by atoms with Gasteiger partial charge in [-0.1, -0.05) is 18.7 Å². The third-order valence-electron chi connectivity index (χ3n) is 4.81. The number of nitrogens with one attached hydrogen (secondary N) is 1. The molecule has 1 aliphatic heterocycles. The van der Waals surface area contributed by atoms with Crippen molar-refractivity contribution in [2.24, 2.45) is 5.41 Å². The van der Waals surface area contributed by atoms with Crippen LogP contribution in [-0.2, 0) is 14.3 Å². The van der Waals surface area contributed by atoms with Crippen LogP contribution in [0.5, 0.6) is 17.2 Å². The standard InChI is InChI=1S/C23H27NO6/c1-5-12-28-18-9-7-17(8-10-18)24-22(25)23(2)14-29-21(30-15-23)16-6-11-19(26-3)20(13-16)27-4/h5-11,13,21H,1,12,14-15H2,2-4H3,(H,24,25). The predicted molar refractivity (Wildman–Crippen MR) is 113 cm³/mol. The second kappa shape index (κ2) is 9.65. The number of anilines is 1. The molecule has 0 bridgehead atoms. The second-order valence-electron chi connectivity index (χ2n) is 7.21. The van der Waals surface area contributed by atoms with Crippen LogP contribution < -0.4 is 19.5 Å². The van der Waals surface area contributed by atoms with Gasteiger partial charge >= 0.3 is 0 Å². The van der Waals surface area contributed by atoms with E-state index >= 15 is 0 Å². The normalized spacial score (nSPS) is 20.8. The molecule has 0 saturated carbocycles. The average Bonchev–Trinajstić information content (AvgIpc) is 2.78. The van der Waals surface area contributed by atoms with E-state index < -0.39 is 11.7 Å². The first-order valence-electron chi connectivity index (χ1n) is 9.59. The Morgan fingerprint density at radius 1 is 1.13 bits per heavy atom. The molecule has 160 valence electrons. The summed E-state index contributed by atoms with van der Waals surface area (Å²) in [5.74, 6) is 1.75. The van der Waals surface area contributed by atoms with Crippen LogP contribution in [0.1, 0.15) is 18.8 Å². The van der Waals surface area contributed by atoms with E-state index in [9.17, 15) is 4.79 Å². The number of carbonyl (C=O) groups excluding carboxylic acids is 1. The number of ether oxygens (including phenoxy) is 5. The van der Waals surface area contributed by atoms with Crippen LogP contribution in [0, 0.1) is 5.41 Å². The minimum absolute atomic E-state index is 0.173. The second-order valence-corrected chi connectivity index (χ2v) is 7.21. The summed E-state index contributed by atoms with van der Waals surface area (Å²) in [7, 11) is 3.15. The molecule has 0 aliphatic carbocycles. The van der Waals surface area contributed by atoms with Crippen LogP contribution >= 0.6 is 0 Å². The van der Waals surface area contributed by atoms with Gasteiger partial charge in [0.1, 0.15) is 12.4 Å². The van der Waals surface area contributed by atoms with E-state index in [-0.39, 0.29) is 19.1 Å². The molecule has 0 unspecified atom stereocenters. The minimum atomic E-state index is -0.814. The zero-order chi connectivity index (χ0) is 21.6. The van der Waals surface area contributed by atoms with Gasteiger partial charge in [0.05, 0.1) is 32.8 Å². The van der Waals surface area contributed by atoms with E-state index in [0.29, 0.717) is 29.5 Å². The van der Waals surface area contributed by atoms with Crippen LogP contribution in [-0.4, -0.2) is 39.9 Å². The highest BCUT2D eigenvalue weighted by Crippen LogP contribution is 2.36. The summed E-state index contributed by atoms with van der Waals surface area (Å²) < 4.78 is 27.8. The Hall–Kier alpha value is -3.03. The lowest BCUT2D eigenvalue weighted by Gasteiger charge is -2.36. The quantitative estimate of drug-likeness (QED) is 0.661. The fourth-order valence-electron chi connectivity index (χ4n) is 3.00. The fourth-order valence-corrected chi connectivity index (χ4v) is 3.00. The zero-order valence-corrected chi connectivity index (χ0v) is 17.5. The van der Waals surface area contributed by atoms with E-state index in [4.69, 9.17) is 23.7 Å². The van der Waals surface area contributed by atoms with Gasteiger partial charge in [-0.15, -0.1) is 0 Å². The topological polar surface area (TPSA) is 75.3 Å². The van der Waals surface area contributed by atoms with Crippen LogP contribution in [0.2, 0.25) is 0 Å². The molecule has 0 aromatic heterocycles. The van der Waals surface area contributed by atoms with E-state index in [1.54, 1.807) is 50.6 Å². The number of hydrogen-bond acceptors (Lipinski definition) is 6. The third-order valence-corrected chi connectivity index (χ3v) is 4.81. The Morgan fingerprint density at radius 2 is 1.80 bits per heavy atom. The van der Waals surface area contributed by atoms with Crippen molar-refractivity contribution in [2.75, 3.05) is 39.4 Å². The number of hydrogen-bond donors (Lipinski definition) is 1. The van der Waals surface area contributed by atoms with Gasteiger partial charge in [-0.05, 0) is 43.3 Å². The molecular formula is C23H27NO6. The average molecular weight is 413 g/mol. The number of carbonyl (C=O) groups is 1. The summed E-state index contributed by atoms with van der Waals surface area (Å²) in [5.41, 5.74) is 0.657. The maximum atomic E-state index is 12.8. The molecule has 30 heavy (non-hydrogen) atoms. The fraction of sp³-hybridized carbons (Fsp3) is 0.348. The predicted octanol–water partition coefficient (Wildman–Crippen LogP) is 3.96. The van der Waals surface area contributed by atoms with E-state index in [1.165, 1.54) is 0 Å². The minimum Gasteiger partial charge on any atom is -0.493 e. The molecule has 2 aromatic rings. The van der Waals surface area contributed by atoms with E-state index in [1.807, 2.05) is 19.1 Å². The van der Waals surface area contributed by atoms with Crippen LogP contribution in [0.25, 0.3) is 0 Å². The van der Waals surface area contributed by atoms with Crippen LogP contribution in [0.15, 0.2) is 55.1 Å². The zero-order valence-electron chi connectivity index (χ0n) is 17.5. The molecule has 1 saturated heterocycles. The summed E-state index contributed by atoms with van der Waals surface area (Å²) >= 11 is 0. The molecule has 1 aliphatic rings. The monoisotopic (exact) mass is 413 g/mol. The van der Waals surface area contributed by atoms with Crippen molar-refractivity contribution in [3.8, 4) is 17.2 Å². The Bertz CT molecular complexity index is 872. The molecule has 7 heteroatoms. The van der Waals surface area contributed by atoms with Gasteiger partial charge in [0, 0.05) is 11.3 Å².